The second-order valence-corrected chi connectivity index (χ2v) is 8.57. The number of carbonyl (C=O) groups excluding carboxylic acids is 1. The summed E-state index contributed by atoms with van der Waals surface area (Å²) >= 11 is 0. The van der Waals surface area contributed by atoms with Crippen molar-refractivity contribution in [2.24, 2.45) is 5.73 Å². The molecule has 0 unspecified atom stereocenters. The first kappa shape index (κ1) is 22.7. The van der Waals surface area contributed by atoms with Gasteiger partial charge in [-0.15, -0.1) is 0 Å². The number of amides is 1. The highest BCUT2D eigenvalue weighted by Gasteiger charge is 2.29. The molecular formula is C27H25F2N5O. The monoisotopic (exact) mass is 473 g/mol. The van der Waals surface area contributed by atoms with E-state index in [0.29, 0.717) is 49.1 Å². The van der Waals surface area contributed by atoms with Gasteiger partial charge in [0.1, 0.15) is 29.0 Å². The summed E-state index contributed by atoms with van der Waals surface area (Å²) in [5.41, 5.74) is 9.33. The fourth-order valence-corrected chi connectivity index (χ4v) is 4.31. The maximum Gasteiger partial charge on any atom is 0.240 e. The minimum absolute atomic E-state index is 0.125. The summed E-state index contributed by atoms with van der Waals surface area (Å²) in [6, 6.07) is 21.2. The minimum atomic E-state index is -0.646. The zero-order valence-corrected chi connectivity index (χ0v) is 19.0. The first-order chi connectivity index (χ1) is 17.0. The van der Waals surface area contributed by atoms with Crippen molar-refractivity contribution in [3.05, 3.63) is 102 Å². The molecule has 0 aliphatic carbocycles. The van der Waals surface area contributed by atoms with Crippen molar-refractivity contribution in [2.75, 3.05) is 11.9 Å². The van der Waals surface area contributed by atoms with Crippen LogP contribution in [0.3, 0.4) is 0 Å². The fourth-order valence-electron chi connectivity index (χ4n) is 4.31. The second kappa shape index (κ2) is 9.68. The summed E-state index contributed by atoms with van der Waals surface area (Å²) in [5.74, 6) is 0.611. The molecule has 1 aliphatic rings. The van der Waals surface area contributed by atoms with Crippen LogP contribution >= 0.6 is 0 Å². The Hall–Kier alpha value is -4.04. The Morgan fingerprint density at radius 3 is 2.29 bits per heavy atom. The molecule has 2 heterocycles. The van der Waals surface area contributed by atoms with Gasteiger partial charge in [0, 0.05) is 24.3 Å². The molecule has 178 valence electrons. The number of fused-ring (bicyclic) bond motifs is 1. The SMILES string of the molecule is N[C@@H](Cc1ccccc1)C(=O)N1CCn2c(nc(-c3ccc(F)cc3)c2Nc2ccc(F)cc2)C1. The third-order valence-electron chi connectivity index (χ3n) is 6.12. The highest BCUT2D eigenvalue weighted by atomic mass is 19.1. The van der Waals surface area contributed by atoms with Crippen molar-refractivity contribution >= 4 is 17.4 Å². The van der Waals surface area contributed by atoms with Crippen LogP contribution in [-0.4, -0.2) is 32.9 Å². The van der Waals surface area contributed by atoms with Gasteiger partial charge in [0.2, 0.25) is 5.91 Å². The van der Waals surface area contributed by atoms with Crippen LogP contribution in [0.15, 0.2) is 78.9 Å². The molecule has 35 heavy (non-hydrogen) atoms. The van der Waals surface area contributed by atoms with Crippen molar-refractivity contribution in [3.63, 3.8) is 0 Å². The summed E-state index contributed by atoms with van der Waals surface area (Å²) in [4.78, 5) is 19.6. The van der Waals surface area contributed by atoms with Gasteiger partial charge < -0.3 is 20.5 Å². The molecule has 3 aromatic carbocycles. The highest BCUT2D eigenvalue weighted by Crippen LogP contribution is 2.33. The van der Waals surface area contributed by atoms with Crippen molar-refractivity contribution in [3.8, 4) is 11.3 Å². The van der Waals surface area contributed by atoms with Crippen molar-refractivity contribution in [1.29, 1.82) is 0 Å². The molecule has 0 spiro atoms. The number of rotatable bonds is 6. The van der Waals surface area contributed by atoms with Gasteiger partial charge in [-0.05, 0) is 60.5 Å². The van der Waals surface area contributed by atoms with Crippen LogP contribution in [0.4, 0.5) is 20.3 Å². The molecule has 0 bridgehead atoms. The molecule has 1 amide bonds. The highest BCUT2D eigenvalue weighted by molar-refractivity contribution is 5.82. The van der Waals surface area contributed by atoms with Crippen LogP contribution in [0.2, 0.25) is 0 Å². The van der Waals surface area contributed by atoms with Crippen LogP contribution in [0.5, 0.6) is 0 Å². The van der Waals surface area contributed by atoms with Gasteiger partial charge in [0.15, 0.2) is 0 Å². The number of hydrogen-bond acceptors (Lipinski definition) is 4. The molecule has 1 aromatic heterocycles. The lowest BCUT2D eigenvalue weighted by Gasteiger charge is -2.30. The first-order valence-electron chi connectivity index (χ1n) is 11.4. The van der Waals surface area contributed by atoms with Gasteiger partial charge in [-0.3, -0.25) is 4.79 Å². The minimum Gasteiger partial charge on any atom is -0.340 e. The maximum absolute atomic E-state index is 13.6. The van der Waals surface area contributed by atoms with E-state index in [-0.39, 0.29) is 17.5 Å². The van der Waals surface area contributed by atoms with E-state index in [2.05, 4.69) is 5.32 Å². The van der Waals surface area contributed by atoms with E-state index in [1.807, 2.05) is 34.9 Å². The van der Waals surface area contributed by atoms with E-state index < -0.39 is 6.04 Å². The van der Waals surface area contributed by atoms with Crippen LogP contribution < -0.4 is 11.1 Å². The number of carbonyl (C=O) groups is 1. The molecule has 0 saturated carbocycles. The Kier molecular flexibility index (Phi) is 6.29. The second-order valence-electron chi connectivity index (χ2n) is 8.57. The van der Waals surface area contributed by atoms with E-state index in [0.717, 1.165) is 11.1 Å². The summed E-state index contributed by atoms with van der Waals surface area (Å²) in [6.45, 7) is 1.29. The average molecular weight is 474 g/mol. The molecule has 4 aromatic rings. The van der Waals surface area contributed by atoms with Crippen molar-refractivity contribution in [1.82, 2.24) is 14.5 Å². The van der Waals surface area contributed by atoms with Crippen molar-refractivity contribution < 1.29 is 13.6 Å². The van der Waals surface area contributed by atoms with E-state index >= 15 is 0 Å². The van der Waals surface area contributed by atoms with Crippen LogP contribution in [0.1, 0.15) is 11.4 Å². The lowest BCUT2D eigenvalue weighted by Crippen LogP contribution is -2.47. The van der Waals surface area contributed by atoms with Gasteiger partial charge in [-0.25, -0.2) is 13.8 Å². The summed E-state index contributed by atoms with van der Waals surface area (Å²) < 4.78 is 29.0. The number of nitrogens with one attached hydrogen (secondary N) is 1. The topological polar surface area (TPSA) is 76.2 Å². The molecule has 0 saturated heterocycles. The zero-order valence-electron chi connectivity index (χ0n) is 19.0. The quantitative estimate of drug-likeness (QED) is 0.433. The third kappa shape index (κ3) is 4.93. The molecule has 0 fully saturated rings. The predicted octanol–water partition coefficient (Wildman–Crippen LogP) is 4.48. The summed E-state index contributed by atoms with van der Waals surface area (Å²) in [7, 11) is 0. The van der Waals surface area contributed by atoms with Crippen LogP contribution in [-0.2, 0) is 24.3 Å². The number of anilines is 2. The van der Waals surface area contributed by atoms with Gasteiger partial charge in [0.25, 0.3) is 0 Å². The number of imidazole rings is 1. The Balaban J connectivity index is 1.42. The molecule has 1 aliphatic heterocycles. The predicted molar refractivity (Wildman–Crippen MR) is 131 cm³/mol. The lowest BCUT2D eigenvalue weighted by atomic mass is 10.1. The third-order valence-corrected chi connectivity index (χ3v) is 6.12. The first-order valence-corrected chi connectivity index (χ1v) is 11.4. The fraction of sp³-hybridized carbons (Fsp3) is 0.185. The van der Waals surface area contributed by atoms with Gasteiger partial charge in [-0.1, -0.05) is 30.3 Å². The molecule has 5 rings (SSSR count). The summed E-state index contributed by atoms with van der Waals surface area (Å²) in [6.07, 6.45) is 0.461. The largest absolute Gasteiger partial charge is 0.340 e. The maximum atomic E-state index is 13.6. The number of hydrogen-bond donors (Lipinski definition) is 2. The van der Waals surface area contributed by atoms with Crippen molar-refractivity contribution in [2.45, 2.75) is 25.6 Å². The Labute approximate surface area is 202 Å². The number of halogens is 2. The number of nitrogens with two attached hydrogens (primary N) is 1. The molecule has 1 atom stereocenters. The van der Waals surface area contributed by atoms with E-state index in [1.54, 1.807) is 29.2 Å². The Morgan fingerprint density at radius 2 is 1.60 bits per heavy atom. The number of nitrogens with zero attached hydrogens (tertiary/aromatic N) is 3. The van der Waals surface area contributed by atoms with E-state index in [1.165, 1.54) is 24.3 Å². The Morgan fingerprint density at radius 1 is 0.943 bits per heavy atom. The molecule has 0 radical (unpaired) electrons. The molecule has 3 N–H and O–H groups in total. The molecule has 6 nitrogen and oxygen atoms in total. The van der Waals surface area contributed by atoms with Gasteiger partial charge in [0.05, 0.1) is 12.6 Å². The standard InChI is InChI=1S/C27H25F2N5O/c28-20-8-6-19(7-9-20)25-26(31-22-12-10-21(29)11-13-22)34-15-14-33(17-24(34)32-25)27(35)23(30)16-18-4-2-1-3-5-18/h1-13,23,31H,14-17,30H2/t23-/m0/s1. The normalized spacial score (nSPS) is 13.9. The Bertz CT molecular complexity index is 1320. The number of aromatic nitrogens is 2. The zero-order chi connectivity index (χ0) is 24.4. The average Bonchev–Trinajstić information content (AvgIpc) is 3.23. The number of benzene rings is 3. The van der Waals surface area contributed by atoms with Crippen LogP contribution in [0.25, 0.3) is 11.3 Å². The van der Waals surface area contributed by atoms with Gasteiger partial charge >= 0.3 is 0 Å². The van der Waals surface area contributed by atoms with Gasteiger partial charge in [-0.2, -0.15) is 0 Å². The lowest BCUT2D eigenvalue weighted by molar-refractivity contribution is -0.134. The molecule has 8 heteroatoms. The van der Waals surface area contributed by atoms with E-state index in [4.69, 9.17) is 10.7 Å². The van der Waals surface area contributed by atoms with Crippen LogP contribution in [0, 0.1) is 11.6 Å². The van der Waals surface area contributed by atoms with E-state index in [9.17, 15) is 13.6 Å². The smallest absolute Gasteiger partial charge is 0.240 e. The molecular weight excluding hydrogens is 448 g/mol. The summed E-state index contributed by atoms with van der Waals surface area (Å²) in [5, 5.41) is 3.33.